The third-order valence-corrected chi connectivity index (χ3v) is 19.5. The molecular formula is C73H87Cl5F9N25O4. The largest absolute Gasteiger partial charge is 0.405 e. The fourth-order valence-electron chi connectivity index (χ4n) is 12.6. The zero-order valence-corrected chi connectivity index (χ0v) is 65.9. The number of alkyl halides is 7. The van der Waals surface area contributed by atoms with Gasteiger partial charge in [-0.15, -0.1) is 0 Å². The summed E-state index contributed by atoms with van der Waals surface area (Å²) in [6, 6.07) is 8.74. The Balaban J connectivity index is 0.000000551. The van der Waals surface area contributed by atoms with Gasteiger partial charge in [-0.25, -0.2) is 73.0 Å². The number of rotatable bonds is 19. The van der Waals surface area contributed by atoms with E-state index in [1.54, 1.807) is 72.0 Å². The molecule has 14 heterocycles. The average molecular weight is 1730 g/mol. The van der Waals surface area contributed by atoms with Crippen molar-refractivity contribution in [2.45, 2.75) is 109 Å². The first kappa shape index (κ1) is 85.4. The maximum Gasteiger partial charge on any atom is 0.405 e. The lowest BCUT2D eigenvalue weighted by molar-refractivity contribution is -0.140. The van der Waals surface area contributed by atoms with Crippen LogP contribution in [-0.2, 0) is 19.2 Å². The van der Waals surface area contributed by atoms with Crippen molar-refractivity contribution >= 4 is 149 Å². The van der Waals surface area contributed by atoms with Gasteiger partial charge in [0.15, 0.2) is 46.6 Å². The number of nitriles is 1. The van der Waals surface area contributed by atoms with Crippen molar-refractivity contribution < 1.29 is 71.5 Å². The Morgan fingerprint density at radius 3 is 1.22 bits per heavy atom. The van der Waals surface area contributed by atoms with Crippen LogP contribution in [0.4, 0.5) is 62.8 Å². The number of pyridine rings is 4. The minimum absolute atomic E-state index is 0. The first-order valence-corrected chi connectivity index (χ1v) is 37.0. The SMILES string of the molecule is CC(C)(Nc1nc(-c2c[nH]c3ncc(Cl)cc23)ncc1C#N)C(=O)NCC(F)(F)F.CC(C)(Nc1nc(-c2c[nH]c3ncc(Cl)cc23)ncc1Cl)C(=O)NCC(F)(F)F.CCNC(=O)[C@@]1(C)CCCN1c1nc(-c2c[nH]c3ncc(Cl)cc23)ncc1F.C[C@]1(C(=O)NCCF)CCCN1c1nc(-c2c[nH]c3ncc(Cl)cc23)ncc1F.[HH].[HH].[HH].[HH].[HH].[HH].[HH].[HH].[HH]. The molecule has 0 aromatic carbocycles. The van der Waals surface area contributed by atoms with E-state index >= 15 is 0 Å². The standard InChI is InChI=1S/C19H19ClF2N6O.C19H20ClFN6O.C18H15ClF3N7O.C17H15Cl2F3N6O.9H2/c1-19(18(29)23-5-4-21)3-2-6-28(19)17-14(22)10-26-16(27-17)13-9-25-15-12(13)7-11(20)8-24-15;1-3-22-18(28)19(2)5-4-6-27(19)17-14(21)10-25-16(26-17)13-9-24-15-12(13)7-11(20)8-23-15;1-17(2,16(30)27-8-18(20,21)22)29-13-9(4-23)5-24-15(28-13)12-7-26-14-11(12)3-10(19)6-25-14;1-16(2,15(29)26-7-17(20,21)22)28-14-11(19)6-25-13(27-14)10-5-24-12-9(10)3-8(18)4-23-12;;;;;;;;;/h7-10H,2-6H2,1H3,(H,23,29)(H,24,25);7-10H,3-6H2,1-2H3,(H,22,28)(H,23,24);3,5-7H,8H2,1-2H3,(H,25,26)(H,27,30)(H,24,28,29);3-6H,7H2,1-2H3,(H,23,24)(H,26,29)(H,25,27,28);9*1H/t2*19-;;;;;;;;;;;/m11.........../s1. The summed E-state index contributed by atoms with van der Waals surface area (Å²) in [6.07, 6.45) is 11.0. The maximum absolute atomic E-state index is 14.7. The lowest BCUT2D eigenvalue weighted by atomic mass is 9.97. The Morgan fingerprint density at radius 2 is 0.853 bits per heavy atom. The Hall–Kier alpha value is -11.5. The predicted molar refractivity (Wildman–Crippen MR) is 438 cm³/mol. The number of H-pyrrole nitrogens is 4. The molecule has 4 amide bonds. The van der Waals surface area contributed by atoms with Gasteiger partial charge in [0.2, 0.25) is 23.6 Å². The van der Waals surface area contributed by atoms with Crippen molar-refractivity contribution in [1.29, 1.82) is 5.26 Å². The van der Waals surface area contributed by atoms with Crippen LogP contribution in [0.2, 0.25) is 25.1 Å². The van der Waals surface area contributed by atoms with Crippen LogP contribution < -0.4 is 41.7 Å². The fourth-order valence-corrected chi connectivity index (χ4v) is 13.3. The first-order chi connectivity index (χ1) is 54.8. The molecule has 2 aliphatic rings. The van der Waals surface area contributed by atoms with Crippen LogP contribution in [-0.4, -0.2) is 184 Å². The molecular weight excluding hydrogens is 1640 g/mol. The van der Waals surface area contributed by atoms with E-state index in [0.29, 0.717) is 126 Å². The molecule has 14 rings (SSSR count). The van der Waals surface area contributed by atoms with Crippen LogP contribution in [0.1, 0.15) is 92.6 Å². The number of anilines is 4. The van der Waals surface area contributed by atoms with Crippen LogP contribution in [0, 0.1) is 23.0 Å². The highest BCUT2D eigenvalue weighted by molar-refractivity contribution is 6.33. The quantitative estimate of drug-likeness (QED) is 0.0336. The zero-order chi connectivity index (χ0) is 84.0. The van der Waals surface area contributed by atoms with Crippen LogP contribution in [0.5, 0.6) is 0 Å². The van der Waals surface area contributed by atoms with Crippen LogP contribution in [0.25, 0.3) is 89.7 Å². The highest BCUT2D eigenvalue weighted by atomic mass is 35.5. The van der Waals surface area contributed by atoms with Crippen LogP contribution in [0.3, 0.4) is 0 Å². The average Bonchev–Trinajstić information content (AvgIpc) is 1.63. The van der Waals surface area contributed by atoms with Crippen molar-refractivity contribution in [2.24, 2.45) is 0 Å². The van der Waals surface area contributed by atoms with E-state index in [9.17, 15) is 64.0 Å². The molecule has 12 aromatic rings. The smallest absolute Gasteiger partial charge is 0.355 e. The first-order valence-electron chi connectivity index (χ1n) is 35.1. The molecule has 2 fully saturated rings. The monoisotopic (exact) mass is 1720 g/mol. The van der Waals surface area contributed by atoms with Gasteiger partial charge in [-0.3, -0.25) is 19.2 Å². The van der Waals surface area contributed by atoms with Crippen molar-refractivity contribution in [3.63, 3.8) is 0 Å². The van der Waals surface area contributed by atoms with Crippen molar-refractivity contribution in [2.75, 3.05) is 66.4 Å². The number of nitrogens with one attached hydrogen (secondary N) is 10. The third kappa shape index (κ3) is 19.4. The highest BCUT2D eigenvalue weighted by Crippen LogP contribution is 2.40. The summed E-state index contributed by atoms with van der Waals surface area (Å²) in [6.45, 7) is 8.81. The van der Waals surface area contributed by atoms with Gasteiger partial charge in [0.05, 0.1) is 44.9 Å². The number of likely N-dealkylation sites (N-methyl/N-ethyl adjacent to an activating group) is 1. The molecule has 2 saturated heterocycles. The van der Waals surface area contributed by atoms with Gasteiger partial charge in [0.1, 0.15) is 92.8 Å². The van der Waals surface area contributed by atoms with Gasteiger partial charge in [-0.2, -0.15) is 31.6 Å². The van der Waals surface area contributed by atoms with Gasteiger partial charge in [0.25, 0.3) is 0 Å². The lowest BCUT2D eigenvalue weighted by Crippen LogP contribution is -2.54. The van der Waals surface area contributed by atoms with Gasteiger partial charge >= 0.3 is 12.4 Å². The normalized spacial score (nSPS) is 15.6. The summed E-state index contributed by atoms with van der Waals surface area (Å²) in [7, 11) is 0. The van der Waals surface area contributed by atoms with Gasteiger partial charge < -0.3 is 61.6 Å². The van der Waals surface area contributed by atoms with Crippen molar-refractivity contribution in [3.05, 3.63) is 141 Å². The molecule has 0 spiro atoms. The molecule has 116 heavy (non-hydrogen) atoms. The van der Waals surface area contributed by atoms with Crippen molar-refractivity contribution in [3.8, 4) is 51.6 Å². The predicted octanol–water partition coefficient (Wildman–Crippen LogP) is 16.4. The van der Waals surface area contributed by atoms with Crippen LogP contribution >= 0.6 is 58.0 Å². The number of hydrogen-bond acceptors (Lipinski definition) is 21. The van der Waals surface area contributed by atoms with Gasteiger partial charge in [-0.05, 0) is 98.4 Å². The number of aromatic amines is 4. The third-order valence-electron chi connectivity index (χ3n) is 18.4. The number of fused-ring (bicyclic) bond motifs is 4. The van der Waals surface area contributed by atoms with E-state index in [2.05, 4.69) is 101 Å². The molecule has 2 aliphatic heterocycles. The molecule has 10 N–H and O–H groups in total. The van der Waals surface area contributed by atoms with E-state index in [1.165, 1.54) is 58.7 Å². The zero-order valence-electron chi connectivity index (χ0n) is 62.1. The number of carbonyl (C=O) groups is 4. The van der Waals surface area contributed by atoms with E-state index < -0.39 is 77.7 Å². The highest BCUT2D eigenvalue weighted by Gasteiger charge is 2.47. The number of nitrogens with zero attached hydrogens (tertiary/aromatic N) is 15. The van der Waals surface area contributed by atoms with Gasteiger partial charge in [0, 0.05) is 132 Å². The maximum atomic E-state index is 14.7. The Morgan fingerprint density at radius 1 is 0.509 bits per heavy atom. The second-order valence-corrected chi connectivity index (χ2v) is 29.8. The minimum atomic E-state index is -4.55. The summed E-state index contributed by atoms with van der Waals surface area (Å²) < 4.78 is 116. The Labute approximate surface area is 691 Å². The van der Waals surface area contributed by atoms with Crippen molar-refractivity contribution in [1.82, 2.24) is 101 Å². The Kier molecular flexibility index (Phi) is 25.7. The summed E-state index contributed by atoms with van der Waals surface area (Å²) in [5.74, 6) is -2.09. The summed E-state index contributed by atoms with van der Waals surface area (Å²) in [4.78, 5) is 116. The molecule has 0 bridgehead atoms. The Bertz CT molecular complexity index is 5770. The molecule has 2 atom stereocenters. The summed E-state index contributed by atoms with van der Waals surface area (Å²) in [5, 5.41) is 28.5. The molecule has 0 saturated carbocycles. The molecule has 43 heteroatoms. The van der Waals surface area contributed by atoms with E-state index in [0.717, 1.165) is 24.2 Å². The number of amides is 4. The molecule has 0 radical (unpaired) electrons. The molecule has 0 unspecified atom stereocenters. The molecule has 0 aliphatic carbocycles. The molecule has 626 valence electrons. The summed E-state index contributed by atoms with van der Waals surface area (Å²) >= 11 is 30.2. The second-order valence-electron chi connectivity index (χ2n) is 27.7. The van der Waals surface area contributed by atoms with E-state index in [1.807, 2.05) is 30.6 Å². The number of hydrogen-bond donors (Lipinski definition) is 10. The topological polar surface area (TPSA) is 389 Å². The van der Waals surface area contributed by atoms with E-state index in [4.69, 9.17) is 58.0 Å². The van der Waals surface area contributed by atoms with Gasteiger partial charge in [-0.1, -0.05) is 58.0 Å². The lowest BCUT2D eigenvalue weighted by Gasteiger charge is -2.34. The fraction of sp³-hybridized carbons (Fsp3) is 0.329. The van der Waals surface area contributed by atoms with Crippen LogP contribution in [0.15, 0.2) is 98.6 Å². The molecule has 12 aromatic heterocycles. The van der Waals surface area contributed by atoms with E-state index in [-0.39, 0.29) is 82.5 Å². The molecule has 29 nitrogen and oxygen atoms in total. The second kappa shape index (κ2) is 34.9. The number of carbonyl (C=O) groups excluding carboxylic acids is 4. The minimum Gasteiger partial charge on any atom is -0.355 e. The number of halogens is 14. The number of aromatic nitrogens is 16. The summed E-state index contributed by atoms with van der Waals surface area (Å²) in [5.41, 5.74) is 0.0293.